The molecule has 3 aliphatic rings. The van der Waals surface area contributed by atoms with Crippen molar-refractivity contribution in [1.82, 2.24) is 4.90 Å². The fraction of sp³-hybridized carbons (Fsp3) is 0.529. The lowest BCUT2D eigenvalue weighted by Gasteiger charge is -2.26. The predicted molar refractivity (Wildman–Crippen MR) is 92.5 cm³/mol. The molecule has 2 aliphatic heterocycles. The second-order valence-corrected chi connectivity index (χ2v) is 6.81. The zero-order valence-corrected chi connectivity index (χ0v) is 14.3. The summed E-state index contributed by atoms with van der Waals surface area (Å²) in [4.78, 5) is 26.5. The number of fused-ring (bicyclic) bond motifs is 2. The number of benzene rings is 1. The smallest absolute Gasteiger partial charge is 0.265 e. The third-order valence-corrected chi connectivity index (χ3v) is 5.37. The molecule has 1 aromatic rings. The van der Waals surface area contributed by atoms with Crippen LogP contribution in [0.5, 0.6) is 5.75 Å². The molecular weight excluding hydrogens is 330 g/mol. The number of anilines is 1. The van der Waals surface area contributed by atoms with Gasteiger partial charge in [-0.1, -0.05) is 6.07 Å². The summed E-state index contributed by atoms with van der Waals surface area (Å²) in [6, 6.07) is 5.50. The zero-order valence-electron chi connectivity index (χ0n) is 13.5. The molecule has 130 valence electrons. The van der Waals surface area contributed by atoms with Gasteiger partial charge in [0.25, 0.3) is 11.8 Å². The highest BCUT2D eigenvalue weighted by Crippen LogP contribution is 2.39. The summed E-state index contributed by atoms with van der Waals surface area (Å²) < 4.78 is 5.69. The minimum absolute atomic E-state index is 0. The van der Waals surface area contributed by atoms with Gasteiger partial charge in [0.2, 0.25) is 0 Å². The van der Waals surface area contributed by atoms with E-state index in [4.69, 9.17) is 10.5 Å². The number of para-hydroxylation sites is 1. The van der Waals surface area contributed by atoms with E-state index in [1.165, 1.54) is 0 Å². The number of carbonyl (C=O) groups excluding carboxylic acids is 2. The Morgan fingerprint density at radius 1 is 1.33 bits per heavy atom. The van der Waals surface area contributed by atoms with Crippen LogP contribution >= 0.6 is 12.4 Å². The van der Waals surface area contributed by atoms with Crippen LogP contribution in [-0.4, -0.2) is 41.9 Å². The Morgan fingerprint density at radius 2 is 2.12 bits per heavy atom. The quantitative estimate of drug-likeness (QED) is 0.805. The number of rotatable bonds is 1. The van der Waals surface area contributed by atoms with Gasteiger partial charge in [0.05, 0.1) is 11.3 Å². The molecule has 1 aliphatic carbocycles. The molecular formula is C17H22ClN3O3. The minimum Gasteiger partial charge on any atom is -0.478 e. The molecule has 24 heavy (non-hydrogen) atoms. The van der Waals surface area contributed by atoms with Crippen molar-refractivity contribution in [2.45, 2.75) is 31.9 Å². The van der Waals surface area contributed by atoms with Crippen LogP contribution < -0.4 is 15.8 Å². The molecule has 1 saturated carbocycles. The van der Waals surface area contributed by atoms with Gasteiger partial charge in [-0.3, -0.25) is 9.59 Å². The molecule has 4 rings (SSSR count). The standard InChI is InChI=1S/C17H21N3O3.ClH/c1-9-16(21)19-14-4-2-3-11(15(14)23-9)17(22)20-7-10-5-6-13(18)12(10)8-20;/h2-4,9-10,12-13H,5-8,18H2,1H3,(H,19,21);1H. The molecule has 0 bridgehead atoms. The van der Waals surface area contributed by atoms with E-state index in [2.05, 4.69) is 5.32 Å². The Labute approximate surface area is 147 Å². The summed E-state index contributed by atoms with van der Waals surface area (Å²) in [5.41, 5.74) is 7.24. The largest absolute Gasteiger partial charge is 0.478 e. The maximum atomic E-state index is 12.9. The average Bonchev–Trinajstić information content (AvgIpc) is 3.10. The van der Waals surface area contributed by atoms with Crippen molar-refractivity contribution in [2.24, 2.45) is 17.6 Å². The number of nitrogens with zero attached hydrogens (tertiary/aromatic N) is 1. The number of ether oxygens (including phenoxy) is 1. The molecule has 2 amide bonds. The minimum atomic E-state index is -0.595. The Morgan fingerprint density at radius 3 is 2.88 bits per heavy atom. The molecule has 1 saturated heterocycles. The van der Waals surface area contributed by atoms with Gasteiger partial charge < -0.3 is 20.7 Å². The topological polar surface area (TPSA) is 84.7 Å². The normalized spacial score (nSPS) is 30.8. The summed E-state index contributed by atoms with van der Waals surface area (Å²) in [5.74, 6) is 1.19. The van der Waals surface area contributed by atoms with Gasteiger partial charge in [0.1, 0.15) is 0 Å². The predicted octanol–water partition coefficient (Wildman–Crippen LogP) is 1.64. The highest BCUT2D eigenvalue weighted by Gasteiger charge is 2.43. The summed E-state index contributed by atoms with van der Waals surface area (Å²) in [6.45, 7) is 3.16. The monoisotopic (exact) mass is 351 g/mol. The van der Waals surface area contributed by atoms with E-state index in [0.29, 0.717) is 28.8 Å². The van der Waals surface area contributed by atoms with Crippen molar-refractivity contribution in [3.63, 3.8) is 0 Å². The third-order valence-electron chi connectivity index (χ3n) is 5.37. The van der Waals surface area contributed by atoms with Crippen molar-refractivity contribution in [3.05, 3.63) is 23.8 Å². The van der Waals surface area contributed by atoms with E-state index >= 15 is 0 Å². The van der Waals surface area contributed by atoms with Gasteiger partial charge in [-0.25, -0.2) is 0 Å². The summed E-state index contributed by atoms with van der Waals surface area (Å²) in [5, 5.41) is 2.79. The zero-order chi connectivity index (χ0) is 16.1. The van der Waals surface area contributed by atoms with E-state index < -0.39 is 6.10 Å². The Kier molecular flexibility index (Phi) is 4.44. The number of hydrogen-bond donors (Lipinski definition) is 2. The molecule has 1 aromatic carbocycles. The van der Waals surface area contributed by atoms with Crippen LogP contribution in [0.4, 0.5) is 5.69 Å². The van der Waals surface area contributed by atoms with Crippen LogP contribution in [0.1, 0.15) is 30.1 Å². The van der Waals surface area contributed by atoms with Crippen LogP contribution in [0.3, 0.4) is 0 Å². The summed E-state index contributed by atoms with van der Waals surface area (Å²) in [6.07, 6.45) is 1.57. The van der Waals surface area contributed by atoms with Gasteiger partial charge >= 0.3 is 0 Å². The maximum absolute atomic E-state index is 12.9. The fourth-order valence-electron chi connectivity index (χ4n) is 4.04. The molecule has 4 atom stereocenters. The lowest BCUT2D eigenvalue weighted by atomic mass is 9.98. The van der Waals surface area contributed by atoms with Crippen LogP contribution in [0.2, 0.25) is 0 Å². The van der Waals surface area contributed by atoms with Crippen LogP contribution in [0.25, 0.3) is 0 Å². The van der Waals surface area contributed by atoms with Crippen LogP contribution in [0, 0.1) is 11.8 Å². The van der Waals surface area contributed by atoms with Gasteiger partial charge in [0.15, 0.2) is 11.9 Å². The van der Waals surface area contributed by atoms with Crippen molar-refractivity contribution in [2.75, 3.05) is 18.4 Å². The highest BCUT2D eigenvalue weighted by atomic mass is 35.5. The number of amides is 2. The first kappa shape index (κ1) is 17.0. The molecule has 7 heteroatoms. The van der Waals surface area contributed by atoms with Gasteiger partial charge in [-0.2, -0.15) is 0 Å². The molecule has 2 fully saturated rings. The first-order valence-corrected chi connectivity index (χ1v) is 8.20. The van der Waals surface area contributed by atoms with Gasteiger partial charge in [0, 0.05) is 19.1 Å². The molecule has 0 spiro atoms. The Balaban J connectivity index is 0.00000169. The van der Waals surface area contributed by atoms with E-state index in [9.17, 15) is 9.59 Å². The Hall–Kier alpha value is -1.79. The number of likely N-dealkylation sites (tertiary alicyclic amines) is 1. The van der Waals surface area contributed by atoms with Crippen molar-refractivity contribution in [3.8, 4) is 5.75 Å². The first-order chi connectivity index (χ1) is 11.0. The number of nitrogens with two attached hydrogens (primary N) is 1. The SMILES string of the molecule is CC1Oc2c(cccc2C(=O)N2CC3CCC(N)C3C2)NC1=O.Cl. The molecule has 6 nitrogen and oxygen atoms in total. The third kappa shape index (κ3) is 2.63. The Bertz CT molecular complexity index is 681. The fourth-order valence-corrected chi connectivity index (χ4v) is 4.04. The van der Waals surface area contributed by atoms with Crippen LogP contribution in [0.15, 0.2) is 18.2 Å². The lowest BCUT2D eigenvalue weighted by molar-refractivity contribution is -0.122. The van der Waals surface area contributed by atoms with Gasteiger partial charge in [-0.15, -0.1) is 12.4 Å². The number of halogens is 1. The van der Waals surface area contributed by atoms with E-state index in [1.807, 2.05) is 4.90 Å². The van der Waals surface area contributed by atoms with E-state index in [1.54, 1.807) is 25.1 Å². The first-order valence-electron chi connectivity index (χ1n) is 8.20. The molecule has 3 N–H and O–H groups in total. The van der Waals surface area contributed by atoms with E-state index in [-0.39, 0.29) is 30.3 Å². The van der Waals surface area contributed by atoms with Crippen LogP contribution in [-0.2, 0) is 4.79 Å². The summed E-state index contributed by atoms with van der Waals surface area (Å²) in [7, 11) is 0. The molecule has 0 aromatic heterocycles. The second kappa shape index (κ2) is 6.26. The average molecular weight is 352 g/mol. The molecule has 0 radical (unpaired) electrons. The van der Waals surface area contributed by atoms with E-state index in [0.717, 1.165) is 25.9 Å². The summed E-state index contributed by atoms with van der Waals surface area (Å²) >= 11 is 0. The van der Waals surface area contributed by atoms with Crippen molar-refractivity contribution in [1.29, 1.82) is 0 Å². The lowest BCUT2D eigenvalue weighted by Crippen LogP contribution is -2.37. The number of carbonyl (C=O) groups is 2. The molecule has 2 heterocycles. The second-order valence-electron chi connectivity index (χ2n) is 6.81. The van der Waals surface area contributed by atoms with Gasteiger partial charge in [-0.05, 0) is 43.7 Å². The highest BCUT2D eigenvalue weighted by molar-refractivity contribution is 6.04. The number of nitrogens with one attached hydrogen (secondary N) is 1. The van der Waals surface area contributed by atoms with Crippen molar-refractivity contribution < 1.29 is 14.3 Å². The number of hydrogen-bond acceptors (Lipinski definition) is 4. The maximum Gasteiger partial charge on any atom is 0.265 e. The van der Waals surface area contributed by atoms with Crippen molar-refractivity contribution >= 4 is 29.9 Å². The molecule has 4 unspecified atom stereocenters.